The van der Waals surface area contributed by atoms with Gasteiger partial charge in [0.1, 0.15) is 19.3 Å². The van der Waals surface area contributed by atoms with Crippen LogP contribution in [0.1, 0.15) is 394 Å². The van der Waals surface area contributed by atoms with Gasteiger partial charge >= 0.3 is 39.5 Å². The minimum atomic E-state index is -4.95. The maximum absolute atomic E-state index is 13.1. The SMILES string of the molecule is CCCCCCCCCCCCCCCCCCCCCCCCC(=O)O[C@H](COC(=O)CCCCCCCCCCCCCCC(C)C)COP(=O)(O)OC[C@@H](O)COP(=O)(O)OC[C@@H](COC(=O)CCCCCCCCC)OC(=O)CCCCCCCCCCCC. The van der Waals surface area contributed by atoms with Gasteiger partial charge in [-0.25, -0.2) is 9.13 Å². The lowest BCUT2D eigenvalue weighted by molar-refractivity contribution is -0.161. The molecule has 0 saturated heterocycles. The Balaban J connectivity index is 5.14. The van der Waals surface area contributed by atoms with E-state index < -0.39 is 97.5 Å². The zero-order valence-corrected chi connectivity index (χ0v) is 62.9. The van der Waals surface area contributed by atoms with E-state index in [2.05, 4.69) is 34.6 Å². The number of unbranched alkanes of at least 4 members (excludes halogenated alkanes) is 47. The number of aliphatic hydroxyl groups excluding tert-OH is 1. The standard InChI is InChI=1S/C75H146O17P2/c1-6-9-12-15-18-20-22-23-24-25-26-27-28-29-30-31-32-37-41-46-51-56-61-75(80)92-71(65-86-73(78)59-54-49-44-40-36-34-33-35-38-43-47-52-57-68(4)5)67-90-94(83,84)88-63-69(76)62-87-93(81,82)89-66-70(64-85-72(77)58-53-48-42-17-14-11-8-3)91-74(79)60-55-50-45-39-21-19-16-13-10-7-2/h68-71,76H,6-67H2,1-5H3,(H,81,82)(H,83,84)/t69-,70+,71+/m0/s1. The predicted octanol–water partition coefficient (Wildman–Crippen LogP) is 22.1. The number of phosphoric ester groups is 2. The van der Waals surface area contributed by atoms with Crippen LogP contribution in [0.15, 0.2) is 0 Å². The van der Waals surface area contributed by atoms with Crippen LogP contribution < -0.4 is 0 Å². The highest BCUT2D eigenvalue weighted by atomic mass is 31.2. The first-order valence-corrected chi connectivity index (χ1v) is 42.1. The second-order valence-electron chi connectivity index (χ2n) is 27.5. The number of carbonyl (C=O) groups is 4. The van der Waals surface area contributed by atoms with Crippen molar-refractivity contribution in [1.29, 1.82) is 0 Å². The summed E-state index contributed by atoms with van der Waals surface area (Å²) in [4.78, 5) is 72.5. The van der Waals surface area contributed by atoms with Gasteiger partial charge in [0.2, 0.25) is 0 Å². The number of phosphoric acid groups is 2. The van der Waals surface area contributed by atoms with Gasteiger partial charge < -0.3 is 33.8 Å². The highest BCUT2D eigenvalue weighted by Crippen LogP contribution is 2.45. The van der Waals surface area contributed by atoms with Crippen LogP contribution in [-0.2, 0) is 65.4 Å². The van der Waals surface area contributed by atoms with Crippen LogP contribution in [0.5, 0.6) is 0 Å². The van der Waals surface area contributed by atoms with Crippen LogP contribution in [0.2, 0.25) is 0 Å². The Morgan fingerprint density at radius 2 is 0.489 bits per heavy atom. The van der Waals surface area contributed by atoms with E-state index in [1.165, 1.54) is 205 Å². The van der Waals surface area contributed by atoms with Crippen molar-refractivity contribution < 1.29 is 80.2 Å². The fourth-order valence-corrected chi connectivity index (χ4v) is 13.1. The lowest BCUT2D eigenvalue weighted by atomic mass is 10.0. The van der Waals surface area contributed by atoms with Crippen LogP contribution in [-0.4, -0.2) is 96.7 Å². The lowest BCUT2D eigenvalue weighted by Crippen LogP contribution is -2.30. The summed E-state index contributed by atoms with van der Waals surface area (Å²) in [5.41, 5.74) is 0. The zero-order valence-electron chi connectivity index (χ0n) is 61.1. The monoisotopic (exact) mass is 1380 g/mol. The number of hydrogen-bond donors (Lipinski definition) is 3. The number of carbonyl (C=O) groups excluding carboxylic acids is 4. The highest BCUT2D eigenvalue weighted by Gasteiger charge is 2.30. The van der Waals surface area contributed by atoms with E-state index in [1.807, 2.05) is 0 Å². The number of rotatable bonds is 75. The molecule has 0 heterocycles. The summed E-state index contributed by atoms with van der Waals surface area (Å²) in [6.45, 7) is 7.24. The van der Waals surface area contributed by atoms with Crippen molar-refractivity contribution in [2.24, 2.45) is 5.92 Å². The molecule has 0 amide bonds. The van der Waals surface area contributed by atoms with Crippen molar-refractivity contribution in [2.75, 3.05) is 39.6 Å². The molecule has 5 atom stereocenters. The molecule has 0 aliphatic heterocycles. The Bertz CT molecular complexity index is 1810. The number of hydrogen-bond acceptors (Lipinski definition) is 15. The third-order valence-corrected chi connectivity index (χ3v) is 19.4. The average molecular weight is 1380 g/mol. The Morgan fingerprint density at radius 3 is 0.723 bits per heavy atom. The summed E-state index contributed by atoms with van der Waals surface area (Å²) in [6.07, 6.45) is 57.2. The molecule has 3 N–H and O–H groups in total. The van der Waals surface area contributed by atoms with Gasteiger partial charge in [0.05, 0.1) is 26.4 Å². The molecule has 94 heavy (non-hydrogen) atoms. The minimum absolute atomic E-state index is 0.106. The molecule has 0 aromatic rings. The number of aliphatic hydroxyl groups is 1. The Hall–Kier alpha value is -1.94. The van der Waals surface area contributed by atoms with Crippen molar-refractivity contribution in [3.8, 4) is 0 Å². The van der Waals surface area contributed by atoms with Gasteiger partial charge in [0.15, 0.2) is 12.2 Å². The van der Waals surface area contributed by atoms with Gasteiger partial charge in [0.25, 0.3) is 0 Å². The molecule has 0 aliphatic rings. The highest BCUT2D eigenvalue weighted by molar-refractivity contribution is 7.47. The van der Waals surface area contributed by atoms with Gasteiger partial charge in [-0.3, -0.25) is 37.3 Å². The third-order valence-electron chi connectivity index (χ3n) is 17.5. The normalized spacial score (nSPS) is 14.0. The molecule has 0 aromatic carbocycles. The fraction of sp³-hybridized carbons (Fsp3) is 0.947. The van der Waals surface area contributed by atoms with Crippen molar-refractivity contribution in [2.45, 2.75) is 412 Å². The molecule has 17 nitrogen and oxygen atoms in total. The lowest BCUT2D eigenvalue weighted by Gasteiger charge is -2.21. The van der Waals surface area contributed by atoms with Crippen molar-refractivity contribution in [3.05, 3.63) is 0 Å². The van der Waals surface area contributed by atoms with Crippen molar-refractivity contribution >= 4 is 39.5 Å². The van der Waals surface area contributed by atoms with Gasteiger partial charge in [0, 0.05) is 25.7 Å². The molecule has 2 unspecified atom stereocenters. The molecular formula is C75H146O17P2. The molecule has 0 fully saturated rings. The van der Waals surface area contributed by atoms with Gasteiger partial charge in [-0.2, -0.15) is 0 Å². The molecule has 0 aromatic heterocycles. The second kappa shape index (κ2) is 68.2. The Kier molecular flexibility index (Phi) is 66.8. The first kappa shape index (κ1) is 92.1. The molecule has 0 bridgehead atoms. The van der Waals surface area contributed by atoms with E-state index >= 15 is 0 Å². The Labute approximate surface area is 575 Å². The quantitative estimate of drug-likeness (QED) is 0.0222. The summed E-state index contributed by atoms with van der Waals surface area (Å²) < 4.78 is 68.3. The zero-order chi connectivity index (χ0) is 69.1. The van der Waals surface area contributed by atoms with E-state index in [0.29, 0.717) is 25.7 Å². The first-order chi connectivity index (χ1) is 45.5. The summed E-state index contributed by atoms with van der Waals surface area (Å²) in [6, 6.07) is 0. The van der Waals surface area contributed by atoms with E-state index in [-0.39, 0.29) is 25.7 Å². The second-order valence-corrected chi connectivity index (χ2v) is 30.4. The largest absolute Gasteiger partial charge is 0.472 e. The van der Waals surface area contributed by atoms with E-state index in [1.54, 1.807) is 0 Å². The summed E-state index contributed by atoms with van der Waals surface area (Å²) in [5.74, 6) is -1.34. The van der Waals surface area contributed by atoms with Crippen LogP contribution >= 0.6 is 15.6 Å². The van der Waals surface area contributed by atoms with E-state index in [0.717, 1.165) is 109 Å². The fourth-order valence-electron chi connectivity index (χ4n) is 11.5. The molecule has 19 heteroatoms. The van der Waals surface area contributed by atoms with Crippen molar-refractivity contribution in [1.82, 2.24) is 0 Å². The van der Waals surface area contributed by atoms with E-state index in [9.17, 15) is 43.2 Å². The van der Waals surface area contributed by atoms with Crippen LogP contribution in [0.25, 0.3) is 0 Å². The van der Waals surface area contributed by atoms with Crippen LogP contribution in [0.4, 0.5) is 0 Å². The van der Waals surface area contributed by atoms with Crippen LogP contribution in [0, 0.1) is 5.92 Å². The third kappa shape index (κ3) is 68.6. The minimum Gasteiger partial charge on any atom is -0.462 e. The summed E-state index contributed by atoms with van der Waals surface area (Å²) in [7, 11) is -9.90. The van der Waals surface area contributed by atoms with Gasteiger partial charge in [-0.15, -0.1) is 0 Å². The first-order valence-electron chi connectivity index (χ1n) is 39.1. The molecular weight excluding hydrogens is 1230 g/mol. The maximum Gasteiger partial charge on any atom is 0.472 e. The maximum atomic E-state index is 13.1. The number of ether oxygens (including phenoxy) is 4. The van der Waals surface area contributed by atoms with Gasteiger partial charge in [-0.1, -0.05) is 343 Å². The van der Waals surface area contributed by atoms with E-state index in [4.69, 9.17) is 37.0 Å². The Morgan fingerprint density at radius 1 is 0.287 bits per heavy atom. The molecule has 0 aliphatic carbocycles. The summed E-state index contributed by atoms with van der Waals surface area (Å²) in [5, 5.41) is 10.6. The topological polar surface area (TPSA) is 237 Å². The molecule has 0 rings (SSSR count). The van der Waals surface area contributed by atoms with Crippen molar-refractivity contribution in [3.63, 3.8) is 0 Å². The average Bonchev–Trinajstić information content (AvgIpc) is 1.57. The van der Waals surface area contributed by atoms with Gasteiger partial charge in [-0.05, 0) is 31.6 Å². The van der Waals surface area contributed by atoms with Crippen LogP contribution in [0.3, 0.4) is 0 Å². The number of esters is 4. The molecule has 0 saturated carbocycles. The smallest absolute Gasteiger partial charge is 0.462 e. The molecule has 0 spiro atoms. The summed E-state index contributed by atoms with van der Waals surface area (Å²) >= 11 is 0. The molecule has 0 radical (unpaired) electrons. The predicted molar refractivity (Wildman–Crippen MR) is 382 cm³/mol. The molecule has 558 valence electrons.